The van der Waals surface area contributed by atoms with Crippen LogP contribution in [0.4, 0.5) is 17.1 Å². The first-order valence-electron chi connectivity index (χ1n) is 19.2. The minimum atomic E-state index is -1.19. The van der Waals surface area contributed by atoms with E-state index in [1.165, 1.54) is 39.8 Å². The zero-order valence-corrected chi connectivity index (χ0v) is 32.1. The lowest BCUT2D eigenvalue weighted by atomic mass is 9.73. The molecule has 1 N–H and O–H groups in total. The summed E-state index contributed by atoms with van der Waals surface area (Å²) in [5.74, 6) is -1.19. The smallest absolute Gasteiger partial charge is 0.346 e. The minimum absolute atomic E-state index is 0.131. The van der Waals surface area contributed by atoms with Gasteiger partial charge in [0.2, 0.25) is 0 Å². The molecule has 0 spiro atoms. The molecular weight excluding hydrogens is 681 g/mol. The van der Waals surface area contributed by atoms with E-state index in [4.69, 9.17) is 0 Å². The molecule has 1 aliphatic carbocycles. The van der Waals surface area contributed by atoms with Crippen LogP contribution in [-0.2, 0) is 16.6 Å². The molecule has 1 heterocycles. The van der Waals surface area contributed by atoms with Crippen molar-refractivity contribution in [1.29, 1.82) is 5.26 Å². The van der Waals surface area contributed by atoms with Crippen molar-refractivity contribution in [3.63, 3.8) is 0 Å². The maximum absolute atomic E-state index is 11.8. The first kappa shape index (κ1) is 36.6. The van der Waals surface area contributed by atoms with E-state index in [2.05, 4.69) is 141 Å². The summed E-state index contributed by atoms with van der Waals surface area (Å²) in [4.78, 5) is 16.0. The minimum Gasteiger partial charge on any atom is -0.477 e. The Morgan fingerprint density at radius 2 is 1.26 bits per heavy atom. The summed E-state index contributed by atoms with van der Waals surface area (Å²) < 4.78 is 0. The molecule has 0 radical (unpaired) electrons. The average molecular weight is 727 g/mol. The van der Waals surface area contributed by atoms with Gasteiger partial charge in [-0.3, -0.25) is 0 Å². The monoisotopic (exact) mass is 726 g/mol. The third-order valence-electron chi connectivity index (χ3n) is 11.1. The van der Waals surface area contributed by atoms with Crippen LogP contribution >= 0.6 is 11.3 Å². The number of hydrogen-bond donors (Lipinski definition) is 1. The van der Waals surface area contributed by atoms with Crippen molar-refractivity contribution >= 4 is 40.4 Å². The number of fused-ring (bicyclic) bond motifs is 3. The molecule has 270 valence electrons. The highest BCUT2D eigenvalue weighted by Crippen LogP contribution is 2.54. The maximum atomic E-state index is 11.8. The second kappa shape index (κ2) is 16.1. The van der Waals surface area contributed by atoms with Crippen LogP contribution in [0.15, 0.2) is 133 Å². The lowest BCUT2D eigenvalue weighted by Crippen LogP contribution is -2.23. The van der Waals surface area contributed by atoms with Crippen LogP contribution in [-0.4, -0.2) is 11.1 Å². The number of nitrogens with zero attached hydrogens (tertiary/aromatic N) is 2. The van der Waals surface area contributed by atoms with Crippen molar-refractivity contribution in [2.24, 2.45) is 0 Å². The normalized spacial score (nSPS) is 12.9. The first-order valence-corrected chi connectivity index (χ1v) is 20.0. The maximum Gasteiger partial charge on any atom is 0.346 e. The first-order chi connectivity index (χ1) is 26.4. The zero-order valence-electron chi connectivity index (χ0n) is 31.3. The number of para-hydroxylation sites is 2. The summed E-state index contributed by atoms with van der Waals surface area (Å²) in [6, 6.07) is 47.9. The number of nitriles is 1. The Morgan fingerprint density at radius 1 is 0.704 bits per heavy atom. The molecule has 1 aromatic heterocycles. The Hall–Kier alpha value is -5.70. The third kappa shape index (κ3) is 7.02. The Kier molecular flexibility index (Phi) is 10.9. The van der Waals surface area contributed by atoms with E-state index in [-0.39, 0.29) is 11.0 Å². The fourth-order valence-electron chi connectivity index (χ4n) is 8.16. The number of hydrogen-bond acceptors (Lipinski definition) is 4. The predicted molar refractivity (Wildman–Crippen MR) is 226 cm³/mol. The SMILES string of the molecule is CCCCCCc1cc(-c2ccc3c(c2)C(CC)(CC)c2cc(-c4ccc(N(c5ccccc5)c5ccccc5)cc4)ccc2-3)sc1/C=C(/C#N)C(=O)O. The second-order valence-corrected chi connectivity index (χ2v) is 15.2. The van der Waals surface area contributed by atoms with Gasteiger partial charge in [0, 0.05) is 32.2 Å². The van der Waals surface area contributed by atoms with Crippen LogP contribution in [0.2, 0.25) is 0 Å². The molecule has 0 atom stereocenters. The van der Waals surface area contributed by atoms with Gasteiger partial charge in [0.15, 0.2) is 0 Å². The molecule has 5 aromatic carbocycles. The standard InChI is InChI=1S/C49H46N2O2S/c1-4-7-8-11-16-36-31-46(54-47(36)32-38(33-50)48(52)53)37-24-28-43-42-27-23-35(29-44(42)49(5-2,6-3)45(43)30-37)34-21-25-41(26-22-34)51(39-17-12-9-13-18-39)40-19-14-10-15-20-40/h9-10,12-15,17-32H,4-8,11,16H2,1-3H3,(H,52,53)/b38-32-. The fourth-order valence-corrected chi connectivity index (χ4v) is 9.31. The fraction of sp³-hybridized carbons (Fsp3) is 0.224. The van der Waals surface area contributed by atoms with Gasteiger partial charge in [-0.25, -0.2) is 4.79 Å². The molecule has 0 saturated carbocycles. The van der Waals surface area contributed by atoms with Gasteiger partial charge < -0.3 is 10.0 Å². The molecule has 1 aliphatic rings. The Morgan fingerprint density at radius 3 is 1.81 bits per heavy atom. The van der Waals surface area contributed by atoms with Crippen molar-refractivity contribution in [3.8, 4) is 38.8 Å². The van der Waals surface area contributed by atoms with E-state index < -0.39 is 5.97 Å². The molecule has 0 amide bonds. The summed E-state index contributed by atoms with van der Waals surface area (Å²) in [5.41, 5.74) is 12.9. The van der Waals surface area contributed by atoms with Crippen LogP contribution in [0.5, 0.6) is 0 Å². The number of thiophene rings is 1. The van der Waals surface area contributed by atoms with Crippen LogP contribution in [0.3, 0.4) is 0 Å². The molecule has 6 aromatic rings. The molecule has 0 unspecified atom stereocenters. The molecule has 0 aliphatic heterocycles. The molecule has 4 nitrogen and oxygen atoms in total. The molecular formula is C49H46N2O2S. The van der Waals surface area contributed by atoms with Crippen molar-refractivity contribution in [2.75, 3.05) is 4.90 Å². The number of aryl methyl sites for hydroxylation is 1. The number of anilines is 3. The summed E-state index contributed by atoms with van der Waals surface area (Å²) in [5, 5.41) is 19.2. The highest BCUT2D eigenvalue weighted by Gasteiger charge is 2.41. The summed E-state index contributed by atoms with van der Waals surface area (Å²) >= 11 is 1.59. The van der Waals surface area contributed by atoms with Crippen LogP contribution in [0, 0.1) is 11.3 Å². The highest BCUT2D eigenvalue weighted by molar-refractivity contribution is 7.16. The van der Waals surface area contributed by atoms with Crippen molar-refractivity contribution in [3.05, 3.63) is 155 Å². The number of carbonyl (C=O) groups is 1. The van der Waals surface area contributed by atoms with E-state index in [9.17, 15) is 15.2 Å². The molecule has 0 bridgehead atoms. The molecule has 5 heteroatoms. The van der Waals surface area contributed by atoms with E-state index in [0.29, 0.717) is 0 Å². The number of rotatable bonds is 14. The summed E-state index contributed by atoms with van der Waals surface area (Å²) in [7, 11) is 0. The predicted octanol–water partition coefficient (Wildman–Crippen LogP) is 13.8. The van der Waals surface area contributed by atoms with Crippen molar-refractivity contribution < 1.29 is 9.90 Å². The molecule has 0 saturated heterocycles. The number of carboxylic acids is 1. The largest absolute Gasteiger partial charge is 0.477 e. The van der Waals surface area contributed by atoms with Gasteiger partial charge in [0.05, 0.1) is 0 Å². The number of benzene rings is 5. The van der Waals surface area contributed by atoms with E-state index in [0.717, 1.165) is 76.5 Å². The molecule has 54 heavy (non-hydrogen) atoms. The Balaban J connectivity index is 1.23. The number of aliphatic carboxylic acids is 1. The quantitative estimate of drug-likeness (QED) is 0.0689. The lowest BCUT2D eigenvalue weighted by molar-refractivity contribution is -0.132. The van der Waals surface area contributed by atoms with Crippen molar-refractivity contribution in [1.82, 2.24) is 0 Å². The van der Waals surface area contributed by atoms with Gasteiger partial charge >= 0.3 is 5.97 Å². The van der Waals surface area contributed by atoms with E-state index >= 15 is 0 Å². The van der Waals surface area contributed by atoms with Crippen molar-refractivity contribution in [2.45, 2.75) is 71.1 Å². The van der Waals surface area contributed by atoms with Crippen LogP contribution in [0.1, 0.15) is 80.9 Å². The van der Waals surface area contributed by atoms with Gasteiger partial charge in [-0.1, -0.05) is 113 Å². The van der Waals surface area contributed by atoms with Gasteiger partial charge in [-0.15, -0.1) is 11.3 Å². The van der Waals surface area contributed by atoms with Gasteiger partial charge in [-0.05, 0) is 131 Å². The lowest BCUT2D eigenvalue weighted by Gasteiger charge is -2.30. The number of unbranched alkanes of at least 4 members (excludes halogenated alkanes) is 3. The van der Waals surface area contributed by atoms with Crippen LogP contribution < -0.4 is 4.90 Å². The number of carboxylic acid groups (broad SMARTS) is 1. The molecule has 7 rings (SSSR count). The Labute approximate surface area is 323 Å². The zero-order chi connectivity index (χ0) is 37.7. The molecule has 0 fully saturated rings. The Bertz CT molecular complexity index is 2290. The average Bonchev–Trinajstić information content (AvgIpc) is 3.75. The third-order valence-corrected chi connectivity index (χ3v) is 12.3. The van der Waals surface area contributed by atoms with Gasteiger partial charge in [0.1, 0.15) is 11.6 Å². The topological polar surface area (TPSA) is 64.3 Å². The highest BCUT2D eigenvalue weighted by atomic mass is 32.1. The van der Waals surface area contributed by atoms with E-state index in [1.54, 1.807) is 17.4 Å². The van der Waals surface area contributed by atoms with E-state index in [1.807, 2.05) is 18.2 Å². The summed E-state index contributed by atoms with van der Waals surface area (Å²) in [6.45, 7) is 6.80. The summed E-state index contributed by atoms with van der Waals surface area (Å²) in [6.07, 6.45) is 8.88. The van der Waals surface area contributed by atoms with Gasteiger partial charge in [0.25, 0.3) is 0 Å². The second-order valence-electron chi connectivity index (χ2n) is 14.1. The van der Waals surface area contributed by atoms with Crippen LogP contribution in [0.25, 0.3) is 38.8 Å². The van der Waals surface area contributed by atoms with Gasteiger partial charge in [-0.2, -0.15) is 5.26 Å².